The summed E-state index contributed by atoms with van der Waals surface area (Å²) in [6, 6.07) is 0. The van der Waals surface area contributed by atoms with Crippen molar-refractivity contribution in [2.24, 2.45) is 0 Å². The molecule has 0 radical (unpaired) electrons. The van der Waals surface area contributed by atoms with E-state index in [1.54, 1.807) is 13.3 Å². The van der Waals surface area contributed by atoms with Gasteiger partial charge in [0.1, 0.15) is 6.20 Å². The third kappa shape index (κ3) is 1.83. The number of nitrogens with one attached hydrogen (secondary N) is 1. The molecule has 1 unspecified atom stereocenters. The van der Waals surface area contributed by atoms with Crippen molar-refractivity contribution < 1.29 is 9.15 Å². The number of ether oxygens (including phenoxy) is 1. The van der Waals surface area contributed by atoms with Gasteiger partial charge < -0.3 is 14.5 Å². The molecule has 0 bridgehead atoms. The zero-order valence-corrected chi connectivity index (χ0v) is 7.75. The molecule has 1 aromatic rings. The van der Waals surface area contributed by atoms with Crippen LogP contribution in [0.3, 0.4) is 0 Å². The Morgan fingerprint density at radius 1 is 1.69 bits per heavy atom. The van der Waals surface area contributed by atoms with Crippen LogP contribution in [0.5, 0.6) is 5.95 Å². The summed E-state index contributed by atoms with van der Waals surface area (Å²) >= 11 is 0. The summed E-state index contributed by atoms with van der Waals surface area (Å²) in [6.45, 7) is 2.07. The lowest BCUT2D eigenvalue weighted by molar-refractivity contribution is 0.277. The first-order valence-corrected chi connectivity index (χ1v) is 4.60. The molecule has 1 aromatic heterocycles. The minimum atomic E-state index is 0.414. The van der Waals surface area contributed by atoms with Gasteiger partial charge in [0.2, 0.25) is 5.89 Å². The Bertz CT molecular complexity index is 266. The number of nitrogens with zero attached hydrogens (tertiary/aromatic N) is 1. The fourth-order valence-corrected chi connectivity index (χ4v) is 1.62. The molecule has 4 heteroatoms. The maximum Gasteiger partial charge on any atom is 0.304 e. The third-order valence-electron chi connectivity index (χ3n) is 2.35. The van der Waals surface area contributed by atoms with Gasteiger partial charge in [0.25, 0.3) is 0 Å². The van der Waals surface area contributed by atoms with Gasteiger partial charge in [0.15, 0.2) is 0 Å². The third-order valence-corrected chi connectivity index (χ3v) is 2.35. The van der Waals surface area contributed by atoms with E-state index in [-0.39, 0.29) is 0 Å². The zero-order valence-electron chi connectivity index (χ0n) is 7.75. The normalized spacial score (nSPS) is 23.0. The molecule has 72 valence electrons. The SMILES string of the molecule is COc1cnc(C2CCCNC2)o1. The first kappa shape index (κ1) is 8.56. The van der Waals surface area contributed by atoms with Gasteiger partial charge in [-0.25, -0.2) is 4.98 Å². The van der Waals surface area contributed by atoms with Crippen LogP contribution >= 0.6 is 0 Å². The summed E-state index contributed by atoms with van der Waals surface area (Å²) in [5, 5.41) is 3.32. The van der Waals surface area contributed by atoms with Gasteiger partial charge in [0, 0.05) is 12.5 Å². The molecular weight excluding hydrogens is 168 g/mol. The molecule has 0 aliphatic carbocycles. The van der Waals surface area contributed by atoms with Crippen LogP contribution in [0.15, 0.2) is 10.6 Å². The highest BCUT2D eigenvalue weighted by atomic mass is 16.6. The number of piperidine rings is 1. The van der Waals surface area contributed by atoms with Crippen LogP contribution in [0.4, 0.5) is 0 Å². The summed E-state index contributed by atoms with van der Waals surface area (Å²) in [5.74, 6) is 1.71. The molecule has 1 atom stereocenters. The number of hydrogen-bond donors (Lipinski definition) is 1. The number of hydrogen-bond acceptors (Lipinski definition) is 4. The summed E-state index contributed by atoms with van der Waals surface area (Å²) in [4.78, 5) is 4.18. The molecule has 1 saturated heterocycles. The summed E-state index contributed by atoms with van der Waals surface area (Å²) in [5.41, 5.74) is 0. The highest BCUT2D eigenvalue weighted by Crippen LogP contribution is 2.24. The summed E-state index contributed by atoms with van der Waals surface area (Å²) in [6.07, 6.45) is 3.97. The number of oxazole rings is 1. The Morgan fingerprint density at radius 2 is 2.62 bits per heavy atom. The van der Waals surface area contributed by atoms with Crippen molar-refractivity contribution in [2.45, 2.75) is 18.8 Å². The lowest BCUT2D eigenvalue weighted by Gasteiger charge is -2.19. The van der Waals surface area contributed by atoms with Crippen molar-refractivity contribution in [1.82, 2.24) is 10.3 Å². The van der Waals surface area contributed by atoms with E-state index >= 15 is 0 Å². The summed E-state index contributed by atoms with van der Waals surface area (Å²) in [7, 11) is 1.59. The second kappa shape index (κ2) is 3.79. The van der Waals surface area contributed by atoms with Crippen LogP contribution in [0.1, 0.15) is 24.7 Å². The quantitative estimate of drug-likeness (QED) is 0.745. The topological polar surface area (TPSA) is 47.3 Å². The fourth-order valence-electron chi connectivity index (χ4n) is 1.62. The zero-order chi connectivity index (χ0) is 9.10. The van der Waals surface area contributed by atoms with Crippen molar-refractivity contribution in [3.8, 4) is 5.95 Å². The van der Waals surface area contributed by atoms with Crippen LogP contribution in [0, 0.1) is 0 Å². The highest BCUT2D eigenvalue weighted by molar-refractivity contribution is 5.04. The van der Waals surface area contributed by atoms with Crippen LogP contribution in [-0.2, 0) is 0 Å². The number of rotatable bonds is 2. The Hall–Kier alpha value is -1.03. The molecule has 4 nitrogen and oxygen atoms in total. The van der Waals surface area contributed by atoms with Gasteiger partial charge in [-0.3, -0.25) is 0 Å². The molecule has 0 amide bonds. The first-order valence-electron chi connectivity index (χ1n) is 4.60. The van der Waals surface area contributed by atoms with Crippen molar-refractivity contribution >= 4 is 0 Å². The predicted octanol–water partition coefficient (Wildman–Crippen LogP) is 1.15. The van der Waals surface area contributed by atoms with Crippen LogP contribution in [0.2, 0.25) is 0 Å². The van der Waals surface area contributed by atoms with Gasteiger partial charge >= 0.3 is 5.95 Å². The van der Waals surface area contributed by atoms with E-state index < -0.39 is 0 Å². The van der Waals surface area contributed by atoms with Crippen LogP contribution in [-0.4, -0.2) is 25.2 Å². The Labute approximate surface area is 77.3 Å². The molecule has 2 heterocycles. The lowest BCUT2D eigenvalue weighted by atomic mass is 10.00. The standard InChI is InChI=1S/C9H14N2O2/c1-12-8-6-11-9(13-8)7-3-2-4-10-5-7/h6-7,10H,2-5H2,1H3. The van der Waals surface area contributed by atoms with E-state index in [0.717, 1.165) is 25.4 Å². The van der Waals surface area contributed by atoms with Gasteiger partial charge in [-0.15, -0.1) is 0 Å². The average Bonchev–Trinajstić information content (AvgIpc) is 2.67. The molecular formula is C9H14N2O2. The van der Waals surface area contributed by atoms with E-state index in [1.807, 2.05) is 0 Å². The minimum absolute atomic E-state index is 0.414. The molecule has 13 heavy (non-hydrogen) atoms. The Balaban J connectivity index is 2.05. The Kier molecular flexibility index (Phi) is 2.49. The van der Waals surface area contributed by atoms with E-state index in [0.29, 0.717) is 11.9 Å². The van der Waals surface area contributed by atoms with Crippen molar-refractivity contribution in [1.29, 1.82) is 0 Å². The molecule has 1 N–H and O–H groups in total. The van der Waals surface area contributed by atoms with Crippen molar-refractivity contribution in [3.05, 3.63) is 12.1 Å². The maximum absolute atomic E-state index is 5.40. The molecule has 0 spiro atoms. The smallest absolute Gasteiger partial charge is 0.304 e. The van der Waals surface area contributed by atoms with Gasteiger partial charge in [-0.1, -0.05) is 0 Å². The van der Waals surface area contributed by atoms with Crippen molar-refractivity contribution in [2.75, 3.05) is 20.2 Å². The van der Waals surface area contributed by atoms with E-state index in [2.05, 4.69) is 10.3 Å². The molecule has 1 fully saturated rings. The highest BCUT2D eigenvalue weighted by Gasteiger charge is 2.19. The predicted molar refractivity (Wildman–Crippen MR) is 47.9 cm³/mol. The van der Waals surface area contributed by atoms with E-state index in [1.165, 1.54) is 6.42 Å². The molecule has 2 rings (SSSR count). The summed E-state index contributed by atoms with van der Waals surface area (Å²) < 4.78 is 10.3. The number of aromatic nitrogens is 1. The van der Waals surface area contributed by atoms with E-state index in [4.69, 9.17) is 9.15 Å². The first-order chi connectivity index (χ1) is 6.40. The van der Waals surface area contributed by atoms with Gasteiger partial charge in [-0.05, 0) is 19.4 Å². The largest absolute Gasteiger partial charge is 0.467 e. The Morgan fingerprint density at radius 3 is 3.23 bits per heavy atom. The second-order valence-electron chi connectivity index (χ2n) is 3.26. The fraction of sp³-hybridized carbons (Fsp3) is 0.667. The lowest BCUT2D eigenvalue weighted by Crippen LogP contribution is -2.28. The monoisotopic (exact) mass is 182 g/mol. The van der Waals surface area contributed by atoms with Crippen molar-refractivity contribution in [3.63, 3.8) is 0 Å². The molecule has 1 aliphatic heterocycles. The minimum Gasteiger partial charge on any atom is -0.467 e. The van der Waals surface area contributed by atoms with E-state index in [9.17, 15) is 0 Å². The average molecular weight is 182 g/mol. The maximum atomic E-state index is 5.40. The van der Waals surface area contributed by atoms with Gasteiger partial charge in [0.05, 0.1) is 7.11 Å². The van der Waals surface area contributed by atoms with Gasteiger partial charge in [-0.2, -0.15) is 0 Å². The second-order valence-corrected chi connectivity index (χ2v) is 3.26. The van der Waals surface area contributed by atoms with Crippen LogP contribution in [0.25, 0.3) is 0 Å². The molecule has 0 aromatic carbocycles. The molecule has 0 saturated carbocycles. The molecule has 1 aliphatic rings. The number of methoxy groups -OCH3 is 1. The van der Waals surface area contributed by atoms with Crippen LogP contribution < -0.4 is 10.1 Å².